The molecule has 1 unspecified atom stereocenters. The van der Waals surface area contributed by atoms with Gasteiger partial charge in [0.2, 0.25) is 5.91 Å². The zero-order chi connectivity index (χ0) is 13.7. The zero-order valence-corrected chi connectivity index (χ0v) is 12.0. The van der Waals surface area contributed by atoms with Crippen LogP contribution in [0.1, 0.15) is 30.3 Å². The predicted octanol–water partition coefficient (Wildman–Crippen LogP) is 3.56. The maximum absolute atomic E-state index is 11.1. The van der Waals surface area contributed by atoms with Gasteiger partial charge in [-0.3, -0.25) is 4.79 Å². The average Bonchev–Trinajstić information content (AvgIpc) is 2.83. The van der Waals surface area contributed by atoms with Crippen molar-refractivity contribution < 1.29 is 4.79 Å². The van der Waals surface area contributed by atoms with Crippen LogP contribution >= 0.6 is 11.3 Å². The largest absolute Gasteiger partial charge is 0.325 e. The molecule has 0 aliphatic carbocycles. The first kappa shape index (κ1) is 13.8. The highest BCUT2D eigenvalue weighted by Crippen LogP contribution is 2.23. The number of thiophene rings is 1. The summed E-state index contributed by atoms with van der Waals surface area (Å²) in [5, 5.41) is 8.32. The average molecular weight is 274 g/mol. The third-order valence-electron chi connectivity index (χ3n) is 2.92. The van der Waals surface area contributed by atoms with Crippen molar-refractivity contribution in [3.8, 4) is 0 Å². The lowest BCUT2D eigenvalue weighted by Gasteiger charge is -2.14. The Morgan fingerprint density at radius 3 is 2.68 bits per heavy atom. The summed E-state index contributed by atoms with van der Waals surface area (Å²) >= 11 is 1.65. The van der Waals surface area contributed by atoms with Crippen LogP contribution in [0.25, 0.3) is 0 Å². The normalized spacial score (nSPS) is 12.1. The molecule has 0 fully saturated rings. The number of carbonyl (C=O) groups is 1. The minimum absolute atomic E-state index is 0.0317. The van der Waals surface area contributed by atoms with E-state index in [0.717, 1.165) is 17.1 Å². The van der Waals surface area contributed by atoms with Crippen molar-refractivity contribution in [2.75, 3.05) is 5.32 Å². The Kier molecular flexibility index (Phi) is 4.71. The van der Waals surface area contributed by atoms with Crippen LogP contribution < -0.4 is 10.6 Å². The first-order valence-corrected chi connectivity index (χ1v) is 7.17. The van der Waals surface area contributed by atoms with E-state index in [0.29, 0.717) is 0 Å². The Balaban J connectivity index is 1.95. The van der Waals surface area contributed by atoms with Gasteiger partial charge in [-0.25, -0.2) is 0 Å². The molecule has 19 heavy (non-hydrogen) atoms. The summed E-state index contributed by atoms with van der Waals surface area (Å²) < 4.78 is 0. The minimum Gasteiger partial charge on any atom is -0.325 e. The van der Waals surface area contributed by atoms with Crippen LogP contribution in [0, 0.1) is 0 Å². The molecule has 1 heterocycles. The molecular weight excluding hydrogens is 256 g/mol. The summed E-state index contributed by atoms with van der Waals surface area (Å²) in [6.07, 6.45) is 0. The fraction of sp³-hybridized carbons (Fsp3) is 0.267. The van der Waals surface area contributed by atoms with Gasteiger partial charge in [0, 0.05) is 24.4 Å². The molecule has 3 nitrogen and oxygen atoms in total. The molecule has 1 aromatic carbocycles. The van der Waals surface area contributed by atoms with Crippen molar-refractivity contribution in [1.29, 1.82) is 0 Å². The number of hydrogen-bond donors (Lipinski definition) is 2. The molecule has 0 aliphatic heterocycles. The Morgan fingerprint density at radius 1 is 1.26 bits per heavy atom. The van der Waals surface area contributed by atoms with Crippen LogP contribution in [0.15, 0.2) is 41.8 Å². The summed E-state index contributed by atoms with van der Waals surface area (Å²) in [4.78, 5) is 12.2. The smallest absolute Gasteiger partial charge is 0.221 e. The number of benzene rings is 1. The fourth-order valence-electron chi connectivity index (χ4n) is 1.88. The Labute approximate surface area is 117 Å². The lowest BCUT2D eigenvalue weighted by molar-refractivity contribution is -0.114. The van der Waals surface area contributed by atoms with Crippen LogP contribution in [-0.2, 0) is 11.3 Å². The molecule has 2 N–H and O–H groups in total. The molecule has 1 aromatic heterocycles. The monoisotopic (exact) mass is 274 g/mol. The van der Waals surface area contributed by atoms with Gasteiger partial charge in [-0.2, -0.15) is 0 Å². The molecule has 2 aromatic rings. The Morgan fingerprint density at radius 2 is 2.00 bits per heavy atom. The first-order chi connectivity index (χ1) is 9.16. The number of amides is 1. The maximum atomic E-state index is 11.1. The van der Waals surface area contributed by atoms with E-state index in [1.54, 1.807) is 11.3 Å². The number of nitrogens with one attached hydrogen (secondary N) is 2. The molecule has 0 saturated heterocycles. The van der Waals surface area contributed by atoms with Gasteiger partial charge in [0.1, 0.15) is 0 Å². The van der Waals surface area contributed by atoms with Crippen molar-refractivity contribution >= 4 is 22.9 Å². The van der Waals surface area contributed by atoms with Crippen LogP contribution in [-0.4, -0.2) is 5.91 Å². The van der Waals surface area contributed by atoms with Gasteiger partial charge in [0.25, 0.3) is 0 Å². The zero-order valence-electron chi connectivity index (χ0n) is 11.1. The van der Waals surface area contributed by atoms with E-state index in [4.69, 9.17) is 0 Å². The summed E-state index contributed by atoms with van der Waals surface area (Å²) in [5.74, 6) is -0.0317. The molecule has 0 aliphatic rings. The van der Waals surface area contributed by atoms with E-state index >= 15 is 0 Å². The van der Waals surface area contributed by atoms with Gasteiger partial charge in [0.05, 0.1) is 5.69 Å². The number of carbonyl (C=O) groups excluding carboxylic acids is 1. The van der Waals surface area contributed by atoms with Gasteiger partial charge in [0.15, 0.2) is 0 Å². The van der Waals surface area contributed by atoms with Crippen molar-refractivity contribution in [3.63, 3.8) is 0 Å². The Hall–Kier alpha value is -1.65. The summed E-state index contributed by atoms with van der Waals surface area (Å²) in [7, 11) is 0. The van der Waals surface area contributed by atoms with Gasteiger partial charge in [-0.1, -0.05) is 30.3 Å². The summed E-state index contributed by atoms with van der Waals surface area (Å²) in [5.41, 5.74) is 2.17. The van der Waals surface area contributed by atoms with E-state index in [2.05, 4.69) is 29.7 Å². The van der Waals surface area contributed by atoms with Crippen LogP contribution in [0.2, 0.25) is 0 Å². The molecule has 2 rings (SSSR count). The first-order valence-electron chi connectivity index (χ1n) is 6.29. The summed E-state index contributed by atoms with van der Waals surface area (Å²) in [6.45, 7) is 4.42. The third kappa shape index (κ3) is 3.91. The molecule has 0 bridgehead atoms. The molecule has 0 saturated carbocycles. The van der Waals surface area contributed by atoms with Crippen LogP contribution in [0.3, 0.4) is 0 Å². The predicted molar refractivity (Wildman–Crippen MR) is 80.3 cm³/mol. The number of hydrogen-bond acceptors (Lipinski definition) is 3. The number of anilines is 1. The number of rotatable bonds is 5. The minimum atomic E-state index is -0.0317. The van der Waals surface area contributed by atoms with E-state index in [1.165, 1.54) is 12.5 Å². The van der Waals surface area contributed by atoms with Gasteiger partial charge < -0.3 is 10.6 Å². The molecule has 0 radical (unpaired) electrons. The highest BCUT2D eigenvalue weighted by Gasteiger charge is 2.08. The molecule has 1 amide bonds. The highest BCUT2D eigenvalue weighted by molar-refractivity contribution is 7.10. The molecule has 4 heteroatoms. The van der Waals surface area contributed by atoms with E-state index in [1.807, 2.05) is 29.6 Å². The van der Waals surface area contributed by atoms with Gasteiger partial charge >= 0.3 is 0 Å². The maximum Gasteiger partial charge on any atom is 0.221 e. The highest BCUT2D eigenvalue weighted by atomic mass is 32.1. The van der Waals surface area contributed by atoms with E-state index in [-0.39, 0.29) is 11.9 Å². The molecule has 0 spiro atoms. The SMILES string of the molecule is CC(=O)Nc1ccsc1CNC(C)c1ccccc1. The van der Waals surface area contributed by atoms with Gasteiger partial charge in [-0.05, 0) is 23.9 Å². The van der Waals surface area contributed by atoms with Crippen LogP contribution in [0.5, 0.6) is 0 Å². The summed E-state index contributed by atoms with van der Waals surface area (Å²) in [6, 6.07) is 12.6. The standard InChI is InChI=1S/C15H18N2OS/c1-11(13-6-4-3-5-7-13)16-10-15-14(8-9-19-15)17-12(2)18/h3-9,11,16H,10H2,1-2H3,(H,17,18). The lowest BCUT2D eigenvalue weighted by atomic mass is 10.1. The third-order valence-corrected chi connectivity index (χ3v) is 3.85. The molecule has 1 atom stereocenters. The van der Waals surface area contributed by atoms with Gasteiger partial charge in [-0.15, -0.1) is 11.3 Å². The second-order valence-corrected chi connectivity index (χ2v) is 5.45. The topological polar surface area (TPSA) is 41.1 Å². The fourth-order valence-corrected chi connectivity index (χ4v) is 2.66. The van der Waals surface area contributed by atoms with Crippen molar-refractivity contribution in [2.45, 2.75) is 26.4 Å². The second kappa shape index (κ2) is 6.50. The van der Waals surface area contributed by atoms with E-state index in [9.17, 15) is 4.79 Å². The second-order valence-electron chi connectivity index (χ2n) is 4.45. The molecular formula is C15H18N2OS. The lowest BCUT2D eigenvalue weighted by Crippen LogP contribution is -2.18. The van der Waals surface area contributed by atoms with Crippen molar-refractivity contribution in [2.24, 2.45) is 0 Å². The Bertz CT molecular complexity index is 536. The van der Waals surface area contributed by atoms with Crippen molar-refractivity contribution in [1.82, 2.24) is 5.32 Å². The van der Waals surface area contributed by atoms with E-state index < -0.39 is 0 Å². The van der Waals surface area contributed by atoms with Crippen LogP contribution in [0.4, 0.5) is 5.69 Å². The van der Waals surface area contributed by atoms with Crippen molar-refractivity contribution in [3.05, 3.63) is 52.2 Å². The quantitative estimate of drug-likeness (QED) is 0.875. The molecule has 100 valence electrons.